The maximum atomic E-state index is 12.0. The number of carbonyl (C=O) groups excluding carboxylic acids is 2. The molecule has 0 unspecified atom stereocenters. The summed E-state index contributed by atoms with van der Waals surface area (Å²) in [4.78, 5) is 28.0. The highest BCUT2D eigenvalue weighted by Crippen LogP contribution is 2.26. The zero-order chi connectivity index (χ0) is 15.2. The molecular formula is C15H23N3O2S. The minimum atomic E-state index is -0.0253. The number of rotatable bonds is 6. The number of nitrogens with one attached hydrogen (secondary N) is 2. The Morgan fingerprint density at radius 2 is 2.10 bits per heavy atom. The van der Waals surface area contributed by atoms with Crippen molar-refractivity contribution in [2.45, 2.75) is 46.0 Å². The van der Waals surface area contributed by atoms with Gasteiger partial charge in [0, 0.05) is 17.8 Å². The molecule has 0 atom stereocenters. The number of thiazole rings is 1. The van der Waals surface area contributed by atoms with Gasteiger partial charge in [-0.1, -0.05) is 26.7 Å². The normalized spacial score (nSPS) is 15.4. The number of hydrogen-bond donors (Lipinski definition) is 2. The Kier molecular flexibility index (Phi) is 5.73. The first-order chi connectivity index (χ1) is 10.0. The summed E-state index contributed by atoms with van der Waals surface area (Å²) in [6.45, 7) is 4.79. The molecule has 1 aliphatic carbocycles. The van der Waals surface area contributed by atoms with Gasteiger partial charge in [-0.25, -0.2) is 4.98 Å². The summed E-state index contributed by atoms with van der Waals surface area (Å²) in [5.74, 6) is 0.609. The van der Waals surface area contributed by atoms with E-state index in [1.165, 1.54) is 11.3 Å². The molecule has 6 heteroatoms. The third-order valence-corrected chi connectivity index (χ3v) is 4.36. The molecule has 0 aliphatic heterocycles. The van der Waals surface area contributed by atoms with E-state index in [1.807, 2.05) is 5.38 Å². The Morgan fingerprint density at radius 1 is 1.38 bits per heavy atom. The van der Waals surface area contributed by atoms with Crippen LogP contribution >= 0.6 is 11.3 Å². The summed E-state index contributed by atoms with van der Waals surface area (Å²) < 4.78 is 0. The number of nitrogens with zero attached hydrogens (tertiary/aromatic N) is 1. The van der Waals surface area contributed by atoms with Gasteiger partial charge >= 0.3 is 0 Å². The van der Waals surface area contributed by atoms with Crippen molar-refractivity contribution in [3.8, 4) is 0 Å². The molecule has 1 fully saturated rings. The zero-order valence-electron chi connectivity index (χ0n) is 12.6. The summed E-state index contributed by atoms with van der Waals surface area (Å²) >= 11 is 1.38. The number of hydrogen-bond acceptors (Lipinski definition) is 4. The number of aromatic nitrogens is 1. The highest BCUT2D eigenvalue weighted by molar-refractivity contribution is 7.13. The standard InChI is InChI=1S/C15H23N3O2S/c1-10(2)8-16-13(19)7-12-9-21-15(17-12)18-14(20)11-5-3-4-6-11/h9-11H,3-8H2,1-2H3,(H,16,19)(H,17,18,20). The van der Waals surface area contributed by atoms with Crippen LogP contribution in [0.15, 0.2) is 5.38 Å². The molecule has 1 saturated carbocycles. The highest BCUT2D eigenvalue weighted by atomic mass is 32.1. The second-order valence-electron chi connectivity index (χ2n) is 5.99. The lowest BCUT2D eigenvalue weighted by molar-refractivity contribution is -0.121. The van der Waals surface area contributed by atoms with Gasteiger partial charge in [-0.15, -0.1) is 11.3 Å². The average molecular weight is 309 g/mol. The van der Waals surface area contributed by atoms with Crippen LogP contribution in [-0.4, -0.2) is 23.3 Å². The molecule has 0 bridgehead atoms. The van der Waals surface area contributed by atoms with Crippen LogP contribution in [0.3, 0.4) is 0 Å². The molecule has 1 aromatic rings. The molecule has 21 heavy (non-hydrogen) atoms. The van der Waals surface area contributed by atoms with Crippen molar-refractivity contribution in [3.63, 3.8) is 0 Å². The first-order valence-electron chi connectivity index (χ1n) is 7.56. The van der Waals surface area contributed by atoms with E-state index in [1.54, 1.807) is 0 Å². The zero-order valence-corrected chi connectivity index (χ0v) is 13.5. The van der Waals surface area contributed by atoms with Gasteiger partial charge in [0.25, 0.3) is 0 Å². The van der Waals surface area contributed by atoms with Crippen LogP contribution in [-0.2, 0) is 16.0 Å². The molecular weight excluding hydrogens is 286 g/mol. The molecule has 0 aromatic carbocycles. The van der Waals surface area contributed by atoms with Crippen LogP contribution in [0.4, 0.5) is 5.13 Å². The van der Waals surface area contributed by atoms with E-state index in [0.29, 0.717) is 23.3 Å². The van der Waals surface area contributed by atoms with Crippen LogP contribution in [0.5, 0.6) is 0 Å². The van der Waals surface area contributed by atoms with Crippen LogP contribution in [0.2, 0.25) is 0 Å². The summed E-state index contributed by atoms with van der Waals surface area (Å²) in [7, 11) is 0. The molecule has 0 radical (unpaired) electrons. The Bertz CT molecular complexity index is 493. The topological polar surface area (TPSA) is 71.1 Å². The van der Waals surface area contributed by atoms with E-state index in [-0.39, 0.29) is 24.2 Å². The highest BCUT2D eigenvalue weighted by Gasteiger charge is 2.23. The Hall–Kier alpha value is -1.43. The van der Waals surface area contributed by atoms with E-state index in [2.05, 4.69) is 29.5 Å². The SMILES string of the molecule is CC(C)CNC(=O)Cc1csc(NC(=O)C2CCCC2)n1. The molecule has 2 rings (SSSR count). The summed E-state index contributed by atoms with van der Waals surface area (Å²) in [6.07, 6.45) is 4.49. The fourth-order valence-corrected chi connectivity index (χ4v) is 3.10. The van der Waals surface area contributed by atoms with Gasteiger partial charge in [0.15, 0.2) is 5.13 Å². The maximum absolute atomic E-state index is 12.0. The molecule has 2 amide bonds. The lowest BCUT2D eigenvalue weighted by Gasteiger charge is -2.07. The molecule has 1 heterocycles. The minimum absolute atomic E-state index is 0.0253. The van der Waals surface area contributed by atoms with Crippen LogP contribution in [0.25, 0.3) is 0 Å². The first-order valence-corrected chi connectivity index (χ1v) is 8.44. The monoisotopic (exact) mass is 309 g/mol. The average Bonchev–Trinajstić information content (AvgIpc) is 3.08. The molecule has 1 aromatic heterocycles. The second kappa shape index (κ2) is 7.54. The maximum Gasteiger partial charge on any atom is 0.229 e. The number of anilines is 1. The second-order valence-corrected chi connectivity index (χ2v) is 6.85. The lowest BCUT2D eigenvalue weighted by Crippen LogP contribution is -2.28. The van der Waals surface area contributed by atoms with E-state index in [0.717, 1.165) is 25.7 Å². The fraction of sp³-hybridized carbons (Fsp3) is 0.667. The van der Waals surface area contributed by atoms with Gasteiger partial charge in [-0.2, -0.15) is 0 Å². The predicted octanol–water partition coefficient (Wildman–Crippen LogP) is 2.59. The van der Waals surface area contributed by atoms with E-state index in [4.69, 9.17) is 0 Å². The van der Waals surface area contributed by atoms with Crippen LogP contribution in [0, 0.1) is 11.8 Å². The van der Waals surface area contributed by atoms with E-state index in [9.17, 15) is 9.59 Å². The molecule has 5 nitrogen and oxygen atoms in total. The minimum Gasteiger partial charge on any atom is -0.356 e. The lowest BCUT2D eigenvalue weighted by atomic mass is 10.1. The van der Waals surface area contributed by atoms with Crippen molar-refractivity contribution in [3.05, 3.63) is 11.1 Å². The van der Waals surface area contributed by atoms with Crippen molar-refractivity contribution < 1.29 is 9.59 Å². The smallest absolute Gasteiger partial charge is 0.229 e. The fourth-order valence-electron chi connectivity index (χ4n) is 2.39. The van der Waals surface area contributed by atoms with Gasteiger partial charge in [0.05, 0.1) is 12.1 Å². The van der Waals surface area contributed by atoms with Crippen molar-refractivity contribution >= 4 is 28.3 Å². The van der Waals surface area contributed by atoms with Gasteiger partial charge in [-0.3, -0.25) is 9.59 Å². The molecule has 0 spiro atoms. The van der Waals surface area contributed by atoms with Crippen LogP contribution in [0.1, 0.15) is 45.2 Å². The van der Waals surface area contributed by atoms with E-state index < -0.39 is 0 Å². The van der Waals surface area contributed by atoms with Gasteiger partial charge in [0.1, 0.15) is 0 Å². The first kappa shape index (κ1) is 15.9. The molecule has 116 valence electrons. The quantitative estimate of drug-likeness (QED) is 0.848. The third kappa shape index (κ3) is 5.12. The van der Waals surface area contributed by atoms with Crippen molar-refractivity contribution in [1.82, 2.24) is 10.3 Å². The summed E-state index contributed by atoms with van der Waals surface area (Å²) in [6, 6.07) is 0. The predicted molar refractivity (Wildman–Crippen MR) is 84.3 cm³/mol. The van der Waals surface area contributed by atoms with E-state index >= 15 is 0 Å². The third-order valence-electron chi connectivity index (χ3n) is 3.56. The molecule has 1 aliphatic rings. The number of amides is 2. The largest absolute Gasteiger partial charge is 0.356 e. The van der Waals surface area contributed by atoms with Crippen molar-refractivity contribution in [1.29, 1.82) is 0 Å². The van der Waals surface area contributed by atoms with Crippen LogP contribution < -0.4 is 10.6 Å². The summed E-state index contributed by atoms with van der Waals surface area (Å²) in [5, 5.41) is 8.16. The van der Waals surface area contributed by atoms with Crippen molar-refractivity contribution in [2.24, 2.45) is 11.8 Å². The Labute approximate surface area is 129 Å². The Morgan fingerprint density at radius 3 is 2.76 bits per heavy atom. The number of carbonyl (C=O) groups is 2. The van der Waals surface area contributed by atoms with Crippen molar-refractivity contribution in [2.75, 3.05) is 11.9 Å². The Balaban J connectivity index is 1.80. The van der Waals surface area contributed by atoms with Gasteiger partial charge in [0.2, 0.25) is 11.8 Å². The van der Waals surface area contributed by atoms with Gasteiger partial charge in [-0.05, 0) is 18.8 Å². The van der Waals surface area contributed by atoms with Gasteiger partial charge < -0.3 is 10.6 Å². The molecule has 0 saturated heterocycles. The summed E-state index contributed by atoms with van der Waals surface area (Å²) in [5.41, 5.74) is 0.711. The molecule has 2 N–H and O–H groups in total.